The summed E-state index contributed by atoms with van der Waals surface area (Å²) in [5.74, 6) is -0.229. The number of nitrogens with two attached hydrogens (primary N) is 1. The molecule has 0 aliphatic rings. The number of benzene rings is 1. The number of rotatable bonds is 7. The summed E-state index contributed by atoms with van der Waals surface area (Å²) in [5, 5.41) is 8.90. The van der Waals surface area contributed by atoms with Crippen LogP contribution in [-0.2, 0) is 13.1 Å². The Bertz CT molecular complexity index is 369. The molecule has 0 fully saturated rings. The van der Waals surface area contributed by atoms with Crippen molar-refractivity contribution in [1.29, 1.82) is 0 Å². The van der Waals surface area contributed by atoms with E-state index in [9.17, 15) is 4.39 Å². The molecule has 0 aliphatic heterocycles. The first kappa shape index (κ1) is 15.1. The Morgan fingerprint density at radius 3 is 2.61 bits per heavy atom. The number of hydrogen-bond acceptors (Lipinski definition) is 3. The van der Waals surface area contributed by atoms with Crippen molar-refractivity contribution >= 4 is 0 Å². The van der Waals surface area contributed by atoms with Gasteiger partial charge >= 0.3 is 0 Å². The van der Waals surface area contributed by atoms with Crippen LogP contribution in [0.2, 0.25) is 0 Å². The van der Waals surface area contributed by atoms with Gasteiger partial charge in [0.2, 0.25) is 0 Å². The Morgan fingerprint density at radius 2 is 2.06 bits per heavy atom. The number of halogens is 1. The maximum absolute atomic E-state index is 13.3. The molecule has 18 heavy (non-hydrogen) atoms. The van der Waals surface area contributed by atoms with E-state index >= 15 is 0 Å². The van der Waals surface area contributed by atoms with Crippen LogP contribution >= 0.6 is 0 Å². The summed E-state index contributed by atoms with van der Waals surface area (Å²) in [7, 11) is 0. The minimum Gasteiger partial charge on any atom is -0.396 e. The van der Waals surface area contributed by atoms with Gasteiger partial charge in [-0.15, -0.1) is 0 Å². The highest BCUT2D eigenvalue weighted by molar-refractivity contribution is 5.27. The molecule has 102 valence electrons. The molecule has 1 aromatic carbocycles. The van der Waals surface area contributed by atoms with E-state index in [0.29, 0.717) is 19.1 Å². The molecule has 0 saturated heterocycles. The van der Waals surface area contributed by atoms with Gasteiger partial charge in [-0.25, -0.2) is 4.39 Å². The fourth-order valence-corrected chi connectivity index (χ4v) is 1.95. The van der Waals surface area contributed by atoms with Crippen LogP contribution < -0.4 is 5.73 Å². The fourth-order valence-electron chi connectivity index (χ4n) is 1.95. The number of nitrogens with zero attached hydrogens (tertiary/aromatic N) is 1. The lowest BCUT2D eigenvalue weighted by atomic mass is 10.1. The lowest BCUT2D eigenvalue weighted by Gasteiger charge is -2.27. The zero-order valence-electron chi connectivity index (χ0n) is 11.2. The van der Waals surface area contributed by atoms with Gasteiger partial charge in [0.05, 0.1) is 0 Å². The lowest BCUT2D eigenvalue weighted by molar-refractivity contribution is 0.184. The van der Waals surface area contributed by atoms with Crippen molar-refractivity contribution in [1.82, 2.24) is 4.90 Å². The van der Waals surface area contributed by atoms with Gasteiger partial charge in [-0.3, -0.25) is 4.90 Å². The highest BCUT2D eigenvalue weighted by atomic mass is 19.1. The summed E-state index contributed by atoms with van der Waals surface area (Å²) in [4.78, 5) is 2.21. The fraction of sp³-hybridized carbons (Fsp3) is 0.571. The van der Waals surface area contributed by atoms with Crippen LogP contribution in [0.1, 0.15) is 31.4 Å². The molecule has 0 bridgehead atoms. The van der Waals surface area contributed by atoms with Gasteiger partial charge < -0.3 is 10.8 Å². The van der Waals surface area contributed by atoms with E-state index in [1.807, 2.05) is 0 Å². The third-order valence-electron chi connectivity index (χ3n) is 3.10. The summed E-state index contributed by atoms with van der Waals surface area (Å²) < 4.78 is 13.3. The van der Waals surface area contributed by atoms with Crippen molar-refractivity contribution in [2.75, 3.05) is 13.2 Å². The molecule has 0 atom stereocenters. The first-order valence-electron chi connectivity index (χ1n) is 6.40. The second kappa shape index (κ2) is 7.46. The quantitative estimate of drug-likeness (QED) is 0.781. The third kappa shape index (κ3) is 4.37. The van der Waals surface area contributed by atoms with Gasteiger partial charge in [0.25, 0.3) is 0 Å². The van der Waals surface area contributed by atoms with Crippen molar-refractivity contribution in [2.45, 2.75) is 39.4 Å². The molecule has 0 spiro atoms. The van der Waals surface area contributed by atoms with Crippen LogP contribution in [0.3, 0.4) is 0 Å². The SMILES string of the molecule is CC(C)N(CCCO)Cc1cc(F)ccc1CN. The number of aliphatic hydroxyl groups is 1. The minimum atomic E-state index is -0.229. The molecule has 1 rings (SSSR count). The van der Waals surface area contributed by atoms with Crippen molar-refractivity contribution in [3.8, 4) is 0 Å². The predicted octanol–water partition coefficient (Wildman–Crippen LogP) is 1.88. The van der Waals surface area contributed by atoms with Gasteiger partial charge in [-0.05, 0) is 43.5 Å². The normalized spacial score (nSPS) is 11.5. The van der Waals surface area contributed by atoms with Gasteiger partial charge in [-0.1, -0.05) is 6.07 Å². The average Bonchev–Trinajstić information content (AvgIpc) is 2.34. The molecule has 0 saturated carbocycles. The van der Waals surface area contributed by atoms with Gasteiger partial charge in [0, 0.05) is 32.3 Å². The molecule has 1 aromatic rings. The Balaban J connectivity index is 2.81. The van der Waals surface area contributed by atoms with Crippen molar-refractivity contribution in [3.05, 3.63) is 35.1 Å². The first-order chi connectivity index (χ1) is 8.58. The van der Waals surface area contributed by atoms with Crippen molar-refractivity contribution in [2.24, 2.45) is 5.73 Å². The topological polar surface area (TPSA) is 49.5 Å². The van der Waals surface area contributed by atoms with Crippen LogP contribution in [0.4, 0.5) is 4.39 Å². The molecule has 4 heteroatoms. The monoisotopic (exact) mass is 254 g/mol. The molecule has 0 aromatic heterocycles. The average molecular weight is 254 g/mol. The summed E-state index contributed by atoms with van der Waals surface area (Å²) in [5.41, 5.74) is 7.58. The maximum atomic E-state index is 13.3. The van der Waals surface area contributed by atoms with Crippen LogP contribution in [0.15, 0.2) is 18.2 Å². The van der Waals surface area contributed by atoms with E-state index in [4.69, 9.17) is 10.8 Å². The standard InChI is InChI=1S/C14H23FN2O/c1-11(2)17(6-3-7-18)10-13-8-14(15)5-4-12(13)9-16/h4-5,8,11,18H,3,6-7,9-10,16H2,1-2H3. The predicted molar refractivity (Wildman–Crippen MR) is 71.5 cm³/mol. The van der Waals surface area contributed by atoms with Gasteiger partial charge in [0.15, 0.2) is 0 Å². The molecular weight excluding hydrogens is 231 g/mol. The zero-order valence-corrected chi connectivity index (χ0v) is 11.2. The van der Waals surface area contributed by atoms with E-state index in [0.717, 1.165) is 24.1 Å². The zero-order chi connectivity index (χ0) is 13.5. The summed E-state index contributed by atoms with van der Waals surface area (Å²) in [6, 6.07) is 5.09. The Kier molecular flexibility index (Phi) is 6.25. The van der Waals surface area contributed by atoms with Gasteiger partial charge in [0.1, 0.15) is 5.82 Å². The van der Waals surface area contributed by atoms with Crippen molar-refractivity contribution in [3.63, 3.8) is 0 Å². The Morgan fingerprint density at radius 1 is 1.33 bits per heavy atom. The highest BCUT2D eigenvalue weighted by Crippen LogP contribution is 2.15. The summed E-state index contributed by atoms with van der Waals surface area (Å²) >= 11 is 0. The second-order valence-electron chi connectivity index (χ2n) is 4.76. The summed E-state index contributed by atoms with van der Waals surface area (Å²) in [6.45, 7) is 6.26. The van der Waals surface area contributed by atoms with Crippen LogP contribution in [0.25, 0.3) is 0 Å². The first-order valence-corrected chi connectivity index (χ1v) is 6.40. The van der Waals surface area contributed by atoms with Crippen LogP contribution in [0.5, 0.6) is 0 Å². The number of hydrogen-bond donors (Lipinski definition) is 2. The van der Waals surface area contributed by atoms with E-state index in [2.05, 4.69) is 18.7 Å². The van der Waals surface area contributed by atoms with E-state index in [1.54, 1.807) is 12.1 Å². The smallest absolute Gasteiger partial charge is 0.123 e. The molecule has 0 amide bonds. The largest absolute Gasteiger partial charge is 0.396 e. The lowest BCUT2D eigenvalue weighted by Crippen LogP contribution is -2.32. The van der Waals surface area contributed by atoms with Gasteiger partial charge in [-0.2, -0.15) is 0 Å². The molecule has 3 N–H and O–H groups in total. The Hall–Kier alpha value is -0.970. The van der Waals surface area contributed by atoms with Crippen molar-refractivity contribution < 1.29 is 9.50 Å². The molecule has 0 radical (unpaired) electrons. The second-order valence-corrected chi connectivity index (χ2v) is 4.76. The van der Waals surface area contributed by atoms with Crippen LogP contribution in [0, 0.1) is 5.82 Å². The van der Waals surface area contributed by atoms with Crippen LogP contribution in [-0.4, -0.2) is 29.2 Å². The molecule has 0 unspecified atom stereocenters. The molecular formula is C14H23FN2O. The maximum Gasteiger partial charge on any atom is 0.123 e. The Labute approximate surface area is 108 Å². The number of aliphatic hydroxyl groups excluding tert-OH is 1. The molecule has 0 heterocycles. The summed E-state index contributed by atoms with van der Waals surface area (Å²) in [6.07, 6.45) is 0.728. The molecule has 3 nitrogen and oxygen atoms in total. The minimum absolute atomic E-state index is 0.177. The third-order valence-corrected chi connectivity index (χ3v) is 3.10. The van der Waals surface area contributed by atoms with E-state index in [-0.39, 0.29) is 12.4 Å². The molecule has 0 aliphatic carbocycles. The van der Waals surface area contributed by atoms with E-state index < -0.39 is 0 Å². The van der Waals surface area contributed by atoms with E-state index in [1.165, 1.54) is 6.07 Å². The highest BCUT2D eigenvalue weighted by Gasteiger charge is 2.12.